The first-order valence-corrected chi connectivity index (χ1v) is 6.33. The Kier molecular flexibility index (Phi) is 4.09. The van der Waals surface area contributed by atoms with Crippen LogP contribution in [-0.4, -0.2) is 10.8 Å². The smallest absolute Gasteiger partial charge is 0.271 e. The fraction of sp³-hybridized carbons (Fsp3) is 0.0714. The second-order valence-electron chi connectivity index (χ2n) is 4.34. The summed E-state index contributed by atoms with van der Waals surface area (Å²) < 4.78 is 5.69. The lowest BCUT2D eigenvalue weighted by Crippen LogP contribution is -2.12. The van der Waals surface area contributed by atoms with E-state index in [-0.39, 0.29) is 22.3 Å². The molecule has 0 bridgehead atoms. The molecule has 3 N–H and O–H groups in total. The van der Waals surface area contributed by atoms with Crippen molar-refractivity contribution in [2.75, 3.05) is 0 Å². The lowest BCUT2D eigenvalue weighted by molar-refractivity contribution is -0.384. The van der Waals surface area contributed by atoms with E-state index in [0.29, 0.717) is 11.3 Å². The van der Waals surface area contributed by atoms with Gasteiger partial charge in [-0.3, -0.25) is 15.5 Å². The van der Waals surface area contributed by atoms with E-state index in [0.717, 1.165) is 5.56 Å². The van der Waals surface area contributed by atoms with Gasteiger partial charge in [-0.05, 0) is 24.6 Å². The number of hydrogen-bond donors (Lipinski definition) is 2. The van der Waals surface area contributed by atoms with E-state index in [1.54, 1.807) is 25.1 Å². The minimum absolute atomic E-state index is 0.113. The summed E-state index contributed by atoms with van der Waals surface area (Å²) in [5.74, 6) is 0.534. The lowest BCUT2D eigenvalue weighted by Gasteiger charge is -2.13. The number of nitrogen functional groups attached to an aromatic ring is 1. The van der Waals surface area contributed by atoms with E-state index in [9.17, 15) is 10.1 Å². The highest BCUT2D eigenvalue weighted by Gasteiger charge is 2.15. The highest BCUT2D eigenvalue weighted by molar-refractivity contribution is 6.32. The summed E-state index contributed by atoms with van der Waals surface area (Å²) >= 11 is 5.99. The van der Waals surface area contributed by atoms with Crippen molar-refractivity contribution in [3.05, 3.63) is 62.7 Å². The summed E-state index contributed by atoms with van der Waals surface area (Å²) in [4.78, 5) is 10.1. The Morgan fingerprint density at radius 2 is 2.10 bits per heavy atom. The Bertz CT molecular complexity index is 731. The van der Waals surface area contributed by atoms with Gasteiger partial charge < -0.3 is 10.5 Å². The molecule has 108 valence electrons. The van der Waals surface area contributed by atoms with Gasteiger partial charge in [-0.1, -0.05) is 23.7 Å². The third kappa shape index (κ3) is 3.11. The van der Waals surface area contributed by atoms with Crippen molar-refractivity contribution in [3.63, 3.8) is 0 Å². The van der Waals surface area contributed by atoms with Gasteiger partial charge in [0.15, 0.2) is 0 Å². The number of para-hydroxylation sites is 1. The molecular weight excluding hydrogens is 294 g/mol. The highest BCUT2D eigenvalue weighted by Crippen LogP contribution is 2.35. The molecule has 0 aliphatic carbocycles. The summed E-state index contributed by atoms with van der Waals surface area (Å²) in [5, 5.41) is 18.4. The first-order chi connectivity index (χ1) is 9.90. The second-order valence-corrected chi connectivity index (χ2v) is 4.75. The molecule has 2 rings (SSSR count). The number of nitro benzene ring substituents is 1. The zero-order chi connectivity index (χ0) is 15.6. The fourth-order valence-electron chi connectivity index (χ4n) is 1.80. The molecule has 2 aromatic carbocycles. The molecule has 0 radical (unpaired) electrons. The number of non-ortho nitro benzene ring substituents is 1. The number of rotatable bonds is 4. The highest BCUT2D eigenvalue weighted by atomic mass is 35.5. The lowest BCUT2D eigenvalue weighted by atomic mass is 10.1. The number of ether oxygens (including phenoxy) is 1. The Balaban J connectivity index is 2.44. The molecule has 21 heavy (non-hydrogen) atoms. The van der Waals surface area contributed by atoms with Crippen molar-refractivity contribution >= 4 is 23.1 Å². The van der Waals surface area contributed by atoms with Crippen molar-refractivity contribution < 1.29 is 9.66 Å². The first kappa shape index (κ1) is 14.8. The molecule has 0 amide bonds. The average molecular weight is 306 g/mol. The number of nitrogens with two attached hydrogens (primary N) is 1. The first-order valence-electron chi connectivity index (χ1n) is 5.96. The molecule has 0 saturated carbocycles. The summed E-state index contributed by atoms with van der Waals surface area (Å²) in [6.45, 7) is 1.81. The molecule has 0 spiro atoms. The molecule has 0 saturated heterocycles. The van der Waals surface area contributed by atoms with Crippen LogP contribution in [-0.2, 0) is 0 Å². The van der Waals surface area contributed by atoms with Crippen LogP contribution in [0.1, 0.15) is 11.1 Å². The predicted molar refractivity (Wildman–Crippen MR) is 80.4 cm³/mol. The molecule has 0 aliphatic heterocycles. The summed E-state index contributed by atoms with van der Waals surface area (Å²) in [7, 11) is 0. The standard InChI is InChI=1S/C14H12ClN3O3/c1-8-3-2-4-10(14(16)17)13(8)21-12-6-5-9(18(19)20)7-11(12)15/h2-7H,1H3,(H3,16,17). The number of aryl methyl sites for hydroxylation is 1. The van der Waals surface area contributed by atoms with Crippen LogP contribution in [0.5, 0.6) is 11.5 Å². The molecule has 0 fully saturated rings. The van der Waals surface area contributed by atoms with Crippen LogP contribution < -0.4 is 10.5 Å². The fourth-order valence-corrected chi connectivity index (χ4v) is 2.01. The van der Waals surface area contributed by atoms with Crippen molar-refractivity contribution in [2.45, 2.75) is 6.92 Å². The molecule has 0 heterocycles. The number of nitrogens with zero attached hydrogens (tertiary/aromatic N) is 1. The van der Waals surface area contributed by atoms with Gasteiger partial charge in [-0.15, -0.1) is 0 Å². The topological polar surface area (TPSA) is 102 Å². The maximum atomic E-state index is 10.7. The van der Waals surface area contributed by atoms with Crippen LogP contribution in [0, 0.1) is 22.4 Å². The number of benzene rings is 2. The third-order valence-electron chi connectivity index (χ3n) is 2.84. The van der Waals surface area contributed by atoms with Crippen LogP contribution in [0.25, 0.3) is 0 Å². The summed E-state index contributed by atoms with van der Waals surface area (Å²) in [6.07, 6.45) is 0. The van der Waals surface area contributed by atoms with Crippen LogP contribution in [0.15, 0.2) is 36.4 Å². The summed E-state index contributed by atoms with van der Waals surface area (Å²) in [5.41, 5.74) is 6.61. The Hall–Kier alpha value is -2.60. The van der Waals surface area contributed by atoms with E-state index >= 15 is 0 Å². The SMILES string of the molecule is Cc1cccc(C(=N)N)c1Oc1ccc([N+](=O)[O-])cc1Cl. The number of amidine groups is 1. The summed E-state index contributed by atoms with van der Waals surface area (Å²) in [6, 6.07) is 9.15. The molecule has 6 nitrogen and oxygen atoms in total. The Morgan fingerprint density at radius 3 is 2.67 bits per heavy atom. The van der Waals surface area contributed by atoms with Crippen LogP contribution in [0.4, 0.5) is 5.69 Å². The van der Waals surface area contributed by atoms with E-state index in [2.05, 4.69) is 0 Å². The normalized spacial score (nSPS) is 10.2. The van der Waals surface area contributed by atoms with Crippen molar-refractivity contribution in [1.29, 1.82) is 5.41 Å². The molecule has 0 unspecified atom stereocenters. The Labute approximate surface area is 125 Å². The molecule has 0 atom stereocenters. The van der Waals surface area contributed by atoms with E-state index in [1.165, 1.54) is 18.2 Å². The number of nitro groups is 1. The van der Waals surface area contributed by atoms with E-state index in [1.807, 2.05) is 0 Å². The largest absolute Gasteiger partial charge is 0.455 e. The minimum atomic E-state index is -0.537. The van der Waals surface area contributed by atoms with Crippen LogP contribution >= 0.6 is 11.6 Å². The molecular formula is C14H12ClN3O3. The van der Waals surface area contributed by atoms with Gasteiger partial charge in [0.1, 0.15) is 17.3 Å². The van der Waals surface area contributed by atoms with Gasteiger partial charge in [0.2, 0.25) is 0 Å². The molecule has 0 aliphatic rings. The van der Waals surface area contributed by atoms with Crippen molar-refractivity contribution in [3.8, 4) is 11.5 Å². The number of nitrogens with one attached hydrogen (secondary N) is 1. The van der Waals surface area contributed by atoms with Gasteiger partial charge in [0, 0.05) is 12.1 Å². The maximum absolute atomic E-state index is 10.7. The average Bonchev–Trinajstić information content (AvgIpc) is 2.42. The second kappa shape index (κ2) is 5.80. The van der Waals surface area contributed by atoms with Gasteiger partial charge in [0.05, 0.1) is 15.5 Å². The Morgan fingerprint density at radius 1 is 1.38 bits per heavy atom. The van der Waals surface area contributed by atoms with Crippen molar-refractivity contribution in [1.82, 2.24) is 0 Å². The molecule has 2 aromatic rings. The molecule has 7 heteroatoms. The van der Waals surface area contributed by atoms with Crippen LogP contribution in [0.3, 0.4) is 0 Å². The van der Waals surface area contributed by atoms with Crippen molar-refractivity contribution in [2.24, 2.45) is 5.73 Å². The zero-order valence-corrected chi connectivity index (χ0v) is 11.8. The minimum Gasteiger partial charge on any atom is -0.455 e. The maximum Gasteiger partial charge on any atom is 0.271 e. The number of hydrogen-bond acceptors (Lipinski definition) is 4. The monoisotopic (exact) mass is 305 g/mol. The zero-order valence-electron chi connectivity index (χ0n) is 11.1. The van der Waals surface area contributed by atoms with Gasteiger partial charge >= 0.3 is 0 Å². The third-order valence-corrected chi connectivity index (χ3v) is 3.14. The predicted octanol–water partition coefficient (Wildman–Crippen LogP) is 3.63. The molecule has 0 aromatic heterocycles. The van der Waals surface area contributed by atoms with Crippen LogP contribution in [0.2, 0.25) is 5.02 Å². The number of halogens is 1. The quantitative estimate of drug-likeness (QED) is 0.389. The van der Waals surface area contributed by atoms with E-state index < -0.39 is 4.92 Å². The van der Waals surface area contributed by atoms with E-state index in [4.69, 9.17) is 27.5 Å². The van der Waals surface area contributed by atoms with Gasteiger partial charge in [0.25, 0.3) is 5.69 Å². The van der Waals surface area contributed by atoms with Gasteiger partial charge in [-0.2, -0.15) is 0 Å². The van der Waals surface area contributed by atoms with Gasteiger partial charge in [-0.25, -0.2) is 0 Å².